The molecule has 6 aromatic carbocycles. The molecule has 154 valence electrons. The van der Waals surface area contributed by atoms with Crippen molar-refractivity contribution in [3.05, 3.63) is 127 Å². The van der Waals surface area contributed by atoms with E-state index in [1.54, 1.807) is 0 Å². The molecule has 1 heterocycles. The molecule has 0 saturated carbocycles. The molecule has 0 unspecified atom stereocenters. The standard InChI is InChI=1S/C32H21N/c1-2-9-26(10-3-1)33-31-13-7-6-12-28(31)29-19-18-25(21-32(29)33)24-17-16-23-15-14-22-8-4-5-11-27(22)30(23)20-24/h1-21H. The second-order valence-corrected chi connectivity index (χ2v) is 8.64. The van der Waals surface area contributed by atoms with Gasteiger partial charge in [-0.25, -0.2) is 0 Å². The van der Waals surface area contributed by atoms with Crippen molar-refractivity contribution < 1.29 is 0 Å². The quantitative estimate of drug-likeness (QED) is 0.247. The summed E-state index contributed by atoms with van der Waals surface area (Å²) in [5.74, 6) is 0. The highest BCUT2D eigenvalue weighted by Gasteiger charge is 2.13. The highest BCUT2D eigenvalue weighted by Crippen LogP contribution is 2.36. The Kier molecular flexibility index (Phi) is 3.91. The number of hydrogen-bond acceptors (Lipinski definition) is 0. The van der Waals surface area contributed by atoms with Gasteiger partial charge in [-0.15, -0.1) is 0 Å². The smallest absolute Gasteiger partial charge is 0.0547 e. The van der Waals surface area contributed by atoms with Gasteiger partial charge < -0.3 is 4.57 Å². The fraction of sp³-hybridized carbons (Fsp3) is 0. The predicted molar refractivity (Wildman–Crippen MR) is 141 cm³/mol. The Morgan fingerprint density at radius 1 is 0.364 bits per heavy atom. The zero-order valence-electron chi connectivity index (χ0n) is 18.1. The number of para-hydroxylation sites is 2. The van der Waals surface area contributed by atoms with Crippen LogP contribution >= 0.6 is 0 Å². The van der Waals surface area contributed by atoms with Gasteiger partial charge in [0, 0.05) is 16.5 Å². The van der Waals surface area contributed by atoms with E-state index in [0.29, 0.717) is 0 Å². The molecule has 0 atom stereocenters. The van der Waals surface area contributed by atoms with E-state index >= 15 is 0 Å². The third kappa shape index (κ3) is 2.79. The topological polar surface area (TPSA) is 4.93 Å². The average molecular weight is 420 g/mol. The Morgan fingerprint density at radius 2 is 0.970 bits per heavy atom. The van der Waals surface area contributed by atoms with Gasteiger partial charge in [-0.05, 0) is 63.0 Å². The lowest BCUT2D eigenvalue weighted by molar-refractivity contribution is 1.18. The summed E-state index contributed by atoms with van der Waals surface area (Å²) in [6.07, 6.45) is 0. The predicted octanol–water partition coefficient (Wildman–Crippen LogP) is 8.76. The second-order valence-electron chi connectivity index (χ2n) is 8.64. The van der Waals surface area contributed by atoms with E-state index in [1.165, 1.54) is 60.2 Å². The van der Waals surface area contributed by atoms with Gasteiger partial charge >= 0.3 is 0 Å². The largest absolute Gasteiger partial charge is 0.309 e. The van der Waals surface area contributed by atoms with Crippen LogP contribution in [-0.2, 0) is 0 Å². The Balaban J connectivity index is 1.51. The summed E-state index contributed by atoms with van der Waals surface area (Å²) in [6.45, 7) is 0. The van der Waals surface area contributed by atoms with Crippen molar-refractivity contribution in [2.24, 2.45) is 0 Å². The van der Waals surface area contributed by atoms with Crippen LogP contribution in [0.3, 0.4) is 0 Å². The van der Waals surface area contributed by atoms with Crippen LogP contribution in [0.5, 0.6) is 0 Å². The van der Waals surface area contributed by atoms with Crippen molar-refractivity contribution in [3.63, 3.8) is 0 Å². The van der Waals surface area contributed by atoms with Gasteiger partial charge in [0.05, 0.1) is 11.0 Å². The molecule has 7 aromatic rings. The molecule has 0 radical (unpaired) electrons. The third-order valence-corrected chi connectivity index (χ3v) is 6.77. The summed E-state index contributed by atoms with van der Waals surface area (Å²) in [5, 5.41) is 7.72. The van der Waals surface area contributed by atoms with Crippen LogP contribution in [0.2, 0.25) is 0 Å². The van der Waals surface area contributed by atoms with Crippen LogP contribution in [0.15, 0.2) is 127 Å². The highest BCUT2D eigenvalue weighted by atomic mass is 15.0. The Labute approximate surface area is 192 Å². The number of aromatic nitrogens is 1. The molecule has 0 saturated heterocycles. The fourth-order valence-corrected chi connectivity index (χ4v) is 5.19. The van der Waals surface area contributed by atoms with Gasteiger partial charge in [-0.3, -0.25) is 0 Å². The lowest BCUT2D eigenvalue weighted by Gasteiger charge is -2.10. The summed E-state index contributed by atoms with van der Waals surface area (Å²) in [5.41, 5.74) is 6.13. The van der Waals surface area contributed by atoms with Gasteiger partial charge in [0.2, 0.25) is 0 Å². The molecular weight excluding hydrogens is 398 g/mol. The number of fused-ring (bicyclic) bond motifs is 6. The lowest BCUT2D eigenvalue weighted by Crippen LogP contribution is -1.93. The van der Waals surface area contributed by atoms with Gasteiger partial charge in [0.1, 0.15) is 0 Å². The number of nitrogens with zero attached hydrogens (tertiary/aromatic N) is 1. The second kappa shape index (κ2) is 7.08. The third-order valence-electron chi connectivity index (χ3n) is 6.77. The number of hydrogen-bond donors (Lipinski definition) is 0. The molecule has 33 heavy (non-hydrogen) atoms. The molecule has 0 aliphatic carbocycles. The monoisotopic (exact) mass is 419 g/mol. The van der Waals surface area contributed by atoms with E-state index in [-0.39, 0.29) is 0 Å². The van der Waals surface area contributed by atoms with E-state index in [2.05, 4.69) is 132 Å². The molecule has 0 spiro atoms. The molecule has 1 aromatic heterocycles. The summed E-state index contributed by atoms with van der Waals surface area (Å²) >= 11 is 0. The van der Waals surface area contributed by atoms with Gasteiger partial charge in [0.25, 0.3) is 0 Å². The van der Waals surface area contributed by atoms with Crippen molar-refractivity contribution in [2.45, 2.75) is 0 Å². The van der Waals surface area contributed by atoms with E-state index < -0.39 is 0 Å². The van der Waals surface area contributed by atoms with Crippen molar-refractivity contribution in [1.29, 1.82) is 0 Å². The molecule has 1 nitrogen and oxygen atoms in total. The van der Waals surface area contributed by atoms with Crippen molar-refractivity contribution in [1.82, 2.24) is 4.57 Å². The molecule has 0 aliphatic rings. The number of benzene rings is 6. The first-order valence-corrected chi connectivity index (χ1v) is 11.4. The van der Waals surface area contributed by atoms with Crippen LogP contribution < -0.4 is 0 Å². The van der Waals surface area contributed by atoms with Gasteiger partial charge in [-0.2, -0.15) is 0 Å². The van der Waals surface area contributed by atoms with E-state index in [9.17, 15) is 0 Å². The maximum absolute atomic E-state index is 2.38. The summed E-state index contributed by atoms with van der Waals surface area (Å²) < 4.78 is 2.38. The van der Waals surface area contributed by atoms with Crippen LogP contribution in [0.4, 0.5) is 0 Å². The minimum Gasteiger partial charge on any atom is -0.309 e. The molecule has 7 rings (SSSR count). The lowest BCUT2D eigenvalue weighted by atomic mass is 9.96. The summed E-state index contributed by atoms with van der Waals surface area (Å²) in [6, 6.07) is 46.1. The Bertz CT molecular complexity index is 1810. The molecule has 0 amide bonds. The first-order valence-electron chi connectivity index (χ1n) is 11.4. The first-order chi connectivity index (χ1) is 16.4. The zero-order chi connectivity index (χ0) is 21.8. The van der Waals surface area contributed by atoms with E-state index in [4.69, 9.17) is 0 Å². The maximum Gasteiger partial charge on any atom is 0.0547 e. The maximum atomic E-state index is 2.38. The van der Waals surface area contributed by atoms with Crippen LogP contribution in [0.25, 0.3) is 60.2 Å². The highest BCUT2D eigenvalue weighted by molar-refractivity contribution is 6.11. The van der Waals surface area contributed by atoms with E-state index in [1.807, 2.05) is 0 Å². The zero-order valence-corrected chi connectivity index (χ0v) is 18.1. The van der Waals surface area contributed by atoms with Crippen molar-refractivity contribution in [2.75, 3.05) is 0 Å². The molecule has 0 bridgehead atoms. The van der Waals surface area contributed by atoms with Crippen molar-refractivity contribution >= 4 is 43.4 Å². The Hall–Kier alpha value is -4.36. The SMILES string of the molecule is c1ccc(-n2c3ccccc3c3ccc(-c4ccc5ccc6ccccc6c5c4)cc32)cc1. The molecule has 0 aliphatic heterocycles. The molecular formula is C32H21N. The summed E-state index contributed by atoms with van der Waals surface area (Å²) in [7, 11) is 0. The Morgan fingerprint density at radius 3 is 1.85 bits per heavy atom. The van der Waals surface area contributed by atoms with Gasteiger partial charge in [-0.1, -0.05) is 97.1 Å². The van der Waals surface area contributed by atoms with Gasteiger partial charge in [0.15, 0.2) is 0 Å². The molecule has 0 N–H and O–H groups in total. The summed E-state index contributed by atoms with van der Waals surface area (Å²) in [4.78, 5) is 0. The fourth-order valence-electron chi connectivity index (χ4n) is 5.19. The number of rotatable bonds is 2. The minimum atomic E-state index is 1.19. The normalized spacial score (nSPS) is 11.6. The van der Waals surface area contributed by atoms with Crippen LogP contribution in [0.1, 0.15) is 0 Å². The average Bonchev–Trinajstić information content (AvgIpc) is 3.22. The first kappa shape index (κ1) is 18.2. The minimum absolute atomic E-state index is 1.19. The molecule has 0 fully saturated rings. The van der Waals surface area contributed by atoms with Crippen molar-refractivity contribution in [3.8, 4) is 16.8 Å². The molecule has 1 heteroatoms. The van der Waals surface area contributed by atoms with E-state index in [0.717, 1.165) is 0 Å². The van der Waals surface area contributed by atoms with Crippen LogP contribution in [-0.4, -0.2) is 4.57 Å². The van der Waals surface area contributed by atoms with Crippen LogP contribution in [0, 0.1) is 0 Å².